The van der Waals surface area contributed by atoms with Crippen LogP contribution in [0.1, 0.15) is 30.6 Å². The number of nitriles is 1. The van der Waals surface area contributed by atoms with Crippen molar-refractivity contribution in [1.29, 1.82) is 5.26 Å². The first kappa shape index (κ1) is 18.2. The van der Waals surface area contributed by atoms with E-state index in [0.29, 0.717) is 11.3 Å². The molecule has 0 unspecified atom stereocenters. The predicted molar refractivity (Wildman–Crippen MR) is 83.4 cm³/mol. The van der Waals surface area contributed by atoms with Gasteiger partial charge in [0.05, 0.1) is 13.2 Å². The van der Waals surface area contributed by atoms with Gasteiger partial charge in [-0.05, 0) is 37.6 Å². The number of anilines is 1. The molecule has 0 spiro atoms. The van der Waals surface area contributed by atoms with Gasteiger partial charge in [0.25, 0.3) is 5.91 Å². The molecule has 1 rings (SSSR count). The normalized spacial score (nSPS) is 12.4. The van der Waals surface area contributed by atoms with Gasteiger partial charge in [-0.2, -0.15) is 5.26 Å². The second kappa shape index (κ2) is 8.54. The third-order valence-electron chi connectivity index (χ3n) is 3.07. The van der Waals surface area contributed by atoms with Crippen molar-refractivity contribution < 1.29 is 19.1 Å². The smallest absolute Gasteiger partial charge is 0.328 e. The van der Waals surface area contributed by atoms with E-state index >= 15 is 0 Å². The number of benzene rings is 1. The minimum atomic E-state index is -0.892. The fourth-order valence-corrected chi connectivity index (χ4v) is 1.91. The Bertz CT molecular complexity index is 619. The summed E-state index contributed by atoms with van der Waals surface area (Å²) in [5.74, 6) is -1.67. The Morgan fingerprint density at radius 2 is 1.87 bits per heavy atom. The first-order valence-electron chi connectivity index (χ1n) is 7.03. The Balaban J connectivity index is 2.80. The molecule has 0 saturated carbocycles. The molecule has 0 aliphatic rings. The van der Waals surface area contributed by atoms with Crippen molar-refractivity contribution in [1.82, 2.24) is 5.32 Å². The Kier molecular flexibility index (Phi) is 6.74. The van der Waals surface area contributed by atoms with Gasteiger partial charge in [0, 0.05) is 24.1 Å². The monoisotopic (exact) mass is 317 g/mol. The van der Waals surface area contributed by atoms with E-state index in [1.54, 1.807) is 19.1 Å². The number of rotatable bonds is 6. The highest BCUT2D eigenvalue weighted by Gasteiger charge is 2.24. The Labute approximate surface area is 134 Å². The van der Waals surface area contributed by atoms with Gasteiger partial charge in [-0.1, -0.05) is 0 Å². The second-order valence-corrected chi connectivity index (χ2v) is 5.07. The molecule has 0 aliphatic carbocycles. The number of hydrogen-bond acceptors (Lipinski definition) is 5. The number of nitrogens with zero attached hydrogens (tertiary/aromatic N) is 1. The number of hydrogen-bond donors (Lipinski definition) is 2. The summed E-state index contributed by atoms with van der Waals surface area (Å²) < 4.78 is 4.65. The topological polar surface area (TPSA) is 108 Å². The van der Waals surface area contributed by atoms with Crippen LogP contribution in [0.3, 0.4) is 0 Å². The molecular formula is C16H19N3O4. The molecule has 23 heavy (non-hydrogen) atoms. The molecule has 0 saturated heterocycles. The fourth-order valence-electron chi connectivity index (χ4n) is 1.91. The van der Waals surface area contributed by atoms with E-state index in [9.17, 15) is 14.4 Å². The lowest BCUT2D eigenvalue weighted by Gasteiger charge is -2.17. The van der Waals surface area contributed by atoms with E-state index in [1.165, 1.54) is 26.2 Å². The molecule has 2 atom stereocenters. The van der Waals surface area contributed by atoms with Gasteiger partial charge in [0.1, 0.15) is 6.04 Å². The van der Waals surface area contributed by atoms with Crippen LogP contribution >= 0.6 is 0 Å². The number of methoxy groups -OCH3 is 1. The van der Waals surface area contributed by atoms with Crippen molar-refractivity contribution in [3.05, 3.63) is 29.8 Å². The zero-order valence-corrected chi connectivity index (χ0v) is 13.3. The molecule has 0 fully saturated rings. The maximum absolute atomic E-state index is 12.2. The number of carbonyl (C=O) groups is 3. The number of nitrogens with one attached hydrogen (secondary N) is 2. The van der Waals surface area contributed by atoms with E-state index in [1.807, 2.05) is 6.07 Å². The van der Waals surface area contributed by atoms with Crippen molar-refractivity contribution in [2.24, 2.45) is 5.92 Å². The molecule has 7 heteroatoms. The highest BCUT2D eigenvalue weighted by molar-refractivity contribution is 5.97. The van der Waals surface area contributed by atoms with E-state index in [0.717, 1.165) is 0 Å². The summed E-state index contributed by atoms with van der Waals surface area (Å²) in [5, 5.41) is 14.0. The van der Waals surface area contributed by atoms with E-state index in [-0.39, 0.29) is 12.3 Å². The third kappa shape index (κ3) is 5.79. The molecule has 0 aliphatic heterocycles. The number of ether oxygens (including phenoxy) is 1. The highest BCUT2D eigenvalue weighted by atomic mass is 16.5. The molecule has 2 amide bonds. The van der Waals surface area contributed by atoms with Crippen LogP contribution < -0.4 is 10.6 Å². The molecule has 0 aromatic heterocycles. The van der Waals surface area contributed by atoms with Crippen LogP contribution in [-0.2, 0) is 14.3 Å². The van der Waals surface area contributed by atoms with Crippen molar-refractivity contribution in [3.63, 3.8) is 0 Å². The molecule has 7 nitrogen and oxygen atoms in total. The van der Waals surface area contributed by atoms with E-state index in [2.05, 4.69) is 15.4 Å². The maximum atomic E-state index is 12.2. The Morgan fingerprint density at radius 1 is 1.26 bits per heavy atom. The SMILES string of the molecule is COC(=O)[C@H](C[C@H](C)C#N)NC(=O)c1ccc(NC(C)=O)cc1. The summed E-state index contributed by atoms with van der Waals surface area (Å²) >= 11 is 0. The van der Waals surface area contributed by atoms with Gasteiger partial charge in [-0.15, -0.1) is 0 Å². The van der Waals surface area contributed by atoms with Gasteiger partial charge >= 0.3 is 5.97 Å². The average Bonchev–Trinajstić information content (AvgIpc) is 2.53. The molecule has 122 valence electrons. The first-order chi connectivity index (χ1) is 10.9. The molecule has 2 N–H and O–H groups in total. The van der Waals surface area contributed by atoms with Crippen molar-refractivity contribution in [2.45, 2.75) is 26.3 Å². The van der Waals surface area contributed by atoms with Crippen molar-refractivity contribution in [2.75, 3.05) is 12.4 Å². The first-order valence-corrected chi connectivity index (χ1v) is 7.03. The minimum absolute atomic E-state index is 0.166. The zero-order valence-electron chi connectivity index (χ0n) is 13.3. The van der Waals surface area contributed by atoms with Crippen LogP contribution in [-0.4, -0.2) is 30.9 Å². The molecule has 1 aromatic rings. The lowest BCUT2D eigenvalue weighted by molar-refractivity contribution is -0.143. The van der Waals surface area contributed by atoms with Crippen molar-refractivity contribution in [3.8, 4) is 6.07 Å². The van der Waals surface area contributed by atoms with Gasteiger partial charge in [0.2, 0.25) is 5.91 Å². The molecule has 1 aromatic carbocycles. The Morgan fingerprint density at radius 3 is 2.35 bits per heavy atom. The molecule has 0 bridgehead atoms. The second-order valence-electron chi connectivity index (χ2n) is 5.07. The summed E-state index contributed by atoms with van der Waals surface area (Å²) in [6, 6.07) is 7.35. The van der Waals surface area contributed by atoms with Gasteiger partial charge in [-0.3, -0.25) is 9.59 Å². The van der Waals surface area contributed by atoms with Crippen LogP contribution in [0.15, 0.2) is 24.3 Å². The quantitative estimate of drug-likeness (QED) is 0.772. The highest BCUT2D eigenvalue weighted by Crippen LogP contribution is 2.11. The zero-order chi connectivity index (χ0) is 17.4. The van der Waals surface area contributed by atoms with Crippen LogP contribution in [0, 0.1) is 17.2 Å². The summed E-state index contributed by atoms with van der Waals surface area (Å²) in [7, 11) is 1.22. The van der Waals surface area contributed by atoms with Crippen LogP contribution in [0.2, 0.25) is 0 Å². The molecular weight excluding hydrogens is 298 g/mol. The summed E-state index contributed by atoms with van der Waals surface area (Å²) in [5.41, 5.74) is 0.897. The summed E-state index contributed by atoms with van der Waals surface area (Å²) in [4.78, 5) is 34.8. The van der Waals surface area contributed by atoms with Crippen LogP contribution in [0.4, 0.5) is 5.69 Å². The summed E-state index contributed by atoms with van der Waals surface area (Å²) in [6.07, 6.45) is 0.166. The largest absolute Gasteiger partial charge is 0.467 e. The molecule has 0 radical (unpaired) electrons. The van der Waals surface area contributed by atoms with Crippen LogP contribution in [0.25, 0.3) is 0 Å². The number of amides is 2. The predicted octanol–water partition coefficient (Wildman–Crippen LogP) is 1.47. The number of carbonyl (C=O) groups excluding carboxylic acids is 3. The van der Waals surface area contributed by atoms with Gasteiger partial charge < -0.3 is 15.4 Å². The number of esters is 1. The average molecular weight is 317 g/mol. The van der Waals surface area contributed by atoms with E-state index in [4.69, 9.17) is 5.26 Å². The lowest BCUT2D eigenvalue weighted by atomic mass is 10.0. The van der Waals surface area contributed by atoms with Gasteiger partial charge in [-0.25, -0.2) is 4.79 Å². The van der Waals surface area contributed by atoms with Crippen molar-refractivity contribution >= 4 is 23.5 Å². The van der Waals surface area contributed by atoms with Crippen LogP contribution in [0.5, 0.6) is 0 Å². The standard InChI is InChI=1S/C16H19N3O4/c1-10(9-17)8-14(16(22)23-3)19-15(21)12-4-6-13(7-5-12)18-11(2)20/h4-7,10,14H,8H2,1-3H3,(H,18,20)(H,19,21)/t10-,14-/m0/s1. The summed E-state index contributed by atoms with van der Waals surface area (Å²) in [6.45, 7) is 3.04. The third-order valence-corrected chi connectivity index (χ3v) is 3.07. The Hall–Kier alpha value is -2.88. The minimum Gasteiger partial charge on any atom is -0.467 e. The van der Waals surface area contributed by atoms with E-state index < -0.39 is 23.8 Å². The maximum Gasteiger partial charge on any atom is 0.328 e. The lowest BCUT2D eigenvalue weighted by Crippen LogP contribution is -2.42. The fraction of sp³-hybridized carbons (Fsp3) is 0.375. The molecule has 0 heterocycles. The van der Waals surface area contributed by atoms with Gasteiger partial charge in [0.15, 0.2) is 0 Å².